The molecule has 0 radical (unpaired) electrons. The SMILES string of the molecule is O=C(NCC1CC=CCC1)[C@H]1CCCNC1. The van der Waals surface area contributed by atoms with Crippen LogP contribution in [0.1, 0.15) is 32.1 Å². The Bertz CT molecular complexity index is 257. The molecule has 0 aromatic carbocycles. The minimum atomic E-state index is 0.202. The fourth-order valence-electron chi connectivity index (χ4n) is 2.51. The maximum atomic E-state index is 11.9. The summed E-state index contributed by atoms with van der Waals surface area (Å²) in [6, 6.07) is 0. The molecular weight excluding hydrogens is 200 g/mol. The molecule has 3 nitrogen and oxygen atoms in total. The van der Waals surface area contributed by atoms with E-state index in [1.54, 1.807) is 0 Å². The summed E-state index contributed by atoms with van der Waals surface area (Å²) in [5.74, 6) is 1.11. The topological polar surface area (TPSA) is 41.1 Å². The molecule has 1 fully saturated rings. The van der Waals surface area contributed by atoms with Crippen molar-refractivity contribution in [3.05, 3.63) is 12.2 Å². The van der Waals surface area contributed by atoms with Gasteiger partial charge in [0.25, 0.3) is 0 Å². The first-order chi connectivity index (χ1) is 7.86. The molecule has 3 heteroatoms. The second-order valence-electron chi connectivity index (χ2n) is 4.94. The Hall–Kier alpha value is -0.830. The van der Waals surface area contributed by atoms with Crippen molar-refractivity contribution in [2.24, 2.45) is 11.8 Å². The van der Waals surface area contributed by atoms with Gasteiger partial charge in [-0.15, -0.1) is 0 Å². The van der Waals surface area contributed by atoms with E-state index in [1.807, 2.05) is 0 Å². The second-order valence-corrected chi connectivity index (χ2v) is 4.94. The summed E-state index contributed by atoms with van der Waals surface area (Å²) < 4.78 is 0. The third kappa shape index (κ3) is 3.34. The van der Waals surface area contributed by atoms with E-state index in [-0.39, 0.29) is 11.8 Å². The third-order valence-corrected chi connectivity index (χ3v) is 3.61. The predicted molar refractivity (Wildman–Crippen MR) is 65.1 cm³/mol. The van der Waals surface area contributed by atoms with Crippen LogP contribution in [0.5, 0.6) is 0 Å². The van der Waals surface area contributed by atoms with E-state index in [9.17, 15) is 4.79 Å². The molecule has 0 spiro atoms. The standard InChI is InChI=1S/C13H22N2O/c16-13(12-7-4-8-14-10-12)15-9-11-5-2-1-3-6-11/h1-2,11-12,14H,3-10H2,(H,15,16)/t11?,12-/m0/s1. The maximum absolute atomic E-state index is 11.9. The molecule has 2 atom stereocenters. The number of amides is 1. The van der Waals surface area contributed by atoms with E-state index in [0.717, 1.165) is 38.9 Å². The monoisotopic (exact) mass is 222 g/mol. The van der Waals surface area contributed by atoms with Crippen LogP contribution >= 0.6 is 0 Å². The molecule has 16 heavy (non-hydrogen) atoms. The average Bonchev–Trinajstić information content (AvgIpc) is 2.38. The summed E-state index contributed by atoms with van der Waals surface area (Å²) >= 11 is 0. The van der Waals surface area contributed by atoms with Gasteiger partial charge < -0.3 is 10.6 Å². The molecular formula is C13H22N2O. The lowest BCUT2D eigenvalue weighted by Crippen LogP contribution is -2.42. The fraction of sp³-hybridized carbons (Fsp3) is 0.769. The van der Waals surface area contributed by atoms with Gasteiger partial charge in [-0.05, 0) is 44.6 Å². The number of carbonyl (C=O) groups is 1. The minimum Gasteiger partial charge on any atom is -0.356 e. The Balaban J connectivity index is 1.68. The fourth-order valence-corrected chi connectivity index (χ4v) is 2.51. The summed E-state index contributed by atoms with van der Waals surface area (Å²) in [5.41, 5.74) is 0. The summed E-state index contributed by atoms with van der Waals surface area (Å²) in [5, 5.41) is 6.39. The highest BCUT2D eigenvalue weighted by Gasteiger charge is 2.21. The van der Waals surface area contributed by atoms with Crippen molar-refractivity contribution in [2.75, 3.05) is 19.6 Å². The first kappa shape index (κ1) is 11.6. The number of hydrogen-bond donors (Lipinski definition) is 2. The summed E-state index contributed by atoms with van der Waals surface area (Å²) in [6.45, 7) is 2.78. The molecule has 1 amide bonds. The van der Waals surface area contributed by atoms with Gasteiger partial charge in [-0.2, -0.15) is 0 Å². The van der Waals surface area contributed by atoms with Crippen LogP contribution in [0.4, 0.5) is 0 Å². The number of piperidine rings is 1. The number of carbonyl (C=O) groups excluding carboxylic acids is 1. The number of allylic oxidation sites excluding steroid dienone is 2. The highest BCUT2D eigenvalue weighted by molar-refractivity contribution is 5.78. The van der Waals surface area contributed by atoms with Crippen molar-refractivity contribution < 1.29 is 4.79 Å². The molecule has 1 aliphatic heterocycles. The van der Waals surface area contributed by atoms with Crippen LogP contribution < -0.4 is 10.6 Å². The zero-order valence-corrected chi connectivity index (χ0v) is 9.87. The van der Waals surface area contributed by atoms with Gasteiger partial charge in [0.2, 0.25) is 5.91 Å². The zero-order valence-electron chi connectivity index (χ0n) is 9.87. The molecule has 0 aromatic heterocycles. The summed E-state index contributed by atoms with van der Waals surface area (Å²) in [7, 11) is 0. The molecule has 2 aliphatic rings. The van der Waals surface area contributed by atoms with Crippen molar-refractivity contribution in [1.29, 1.82) is 0 Å². The van der Waals surface area contributed by atoms with Gasteiger partial charge in [-0.3, -0.25) is 4.79 Å². The lowest BCUT2D eigenvalue weighted by atomic mass is 9.93. The molecule has 2 N–H and O–H groups in total. The second kappa shape index (κ2) is 6.04. The van der Waals surface area contributed by atoms with Gasteiger partial charge in [0.05, 0.1) is 5.92 Å². The number of hydrogen-bond acceptors (Lipinski definition) is 2. The van der Waals surface area contributed by atoms with Gasteiger partial charge >= 0.3 is 0 Å². The van der Waals surface area contributed by atoms with Crippen LogP contribution in [-0.2, 0) is 4.79 Å². The van der Waals surface area contributed by atoms with Crippen molar-refractivity contribution in [1.82, 2.24) is 10.6 Å². The van der Waals surface area contributed by atoms with Crippen molar-refractivity contribution >= 4 is 5.91 Å². The van der Waals surface area contributed by atoms with Gasteiger partial charge in [0, 0.05) is 13.1 Å². The highest BCUT2D eigenvalue weighted by Crippen LogP contribution is 2.17. The quantitative estimate of drug-likeness (QED) is 0.710. The number of rotatable bonds is 3. The average molecular weight is 222 g/mol. The van der Waals surface area contributed by atoms with E-state index >= 15 is 0 Å². The number of nitrogens with one attached hydrogen (secondary N) is 2. The Kier molecular flexibility index (Phi) is 4.40. The molecule has 0 saturated carbocycles. The largest absolute Gasteiger partial charge is 0.356 e. The van der Waals surface area contributed by atoms with Crippen LogP contribution in [-0.4, -0.2) is 25.5 Å². The van der Waals surface area contributed by atoms with Gasteiger partial charge in [-0.25, -0.2) is 0 Å². The first-order valence-corrected chi connectivity index (χ1v) is 6.49. The van der Waals surface area contributed by atoms with Crippen LogP contribution in [0.2, 0.25) is 0 Å². The van der Waals surface area contributed by atoms with E-state index in [1.165, 1.54) is 12.8 Å². The molecule has 90 valence electrons. The van der Waals surface area contributed by atoms with E-state index in [2.05, 4.69) is 22.8 Å². The Labute approximate surface area is 97.7 Å². The molecule has 0 aromatic rings. The van der Waals surface area contributed by atoms with Crippen LogP contribution in [0, 0.1) is 11.8 Å². The molecule has 1 heterocycles. The van der Waals surface area contributed by atoms with E-state index in [4.69, 9.17) is 0 Å². The summed E-state index contributed by atoms with van der Waals surface area (Å²) in [6.07, 6.45) is 10.2. The molecule has 2 rings (SSSR count). The Morgan fingerprint density at radius 1 is 1.38 bits per heavy atom. The van der Waals surface area contributed by atoms with Crippen molar-refractivity contribution in [2.45, 2.75) is 32.1 Å². The van der Waals surface area contributed by atoms with Gasteiger partial charge in [0.15, 0.2) is 0 Å². The van der Waals surface area contributed by atoms with Crippen molar-refractivity contribution in [3.63, 3.8) is 0 Å². The molecule has 1 aliphatic carbocycles. The Morgan fingerprint density at radius 3 is 3.00 bits per heavy atom. The molecule has 0 bridgehead atoms. The molecule has 1 saturated heterocycles. The smallest absolute Gasteiger partial charge is 0.224 e. The van der Waals surface area contributed by atoms with Gasteiger partial charge in [-0.1, -0.05) is 12.2 Å². The lowest BCUT2D eigenvalue weighted by molar-refractivity contribution is -0.125. The van der Waals surface area contributed by atoms with Crippen molar-refractivity contribution in [3.8, 4) is 0 Å². The summed E-state index contributed by atoms with van der Waals surface area (Å²) in [4.78, 5) is 11.9. The maximum Gasteiger partial charge on any atom is 0.224 e. The predicted octanol–water partition coefficient (Wildman–Crippen LogP) is 1.46. The van der Waals surface area contributed by atoms with Gasteiger partial charge in [0.1, 0.15) is 0 Å². The van der Waals surface area contributed by atoms with E-state index < -0.39 is 0 Å². The normalized spacial score (nSPS) is 30.0. The minimum absolute atomic E-state index is 0.202. The van der Waals surface area contributed by atoms with Crippen LogP contribution in [0.15, 0.2) is 12.2 Å². The third-order valence-electron chi connectivity index (χ3n) is 3.61. The van der Waals surface area contributed by atoms with Crippen LogP contribution in [0.25, 0.3) is 0 Å². The molecule has 1 unspecified atom stereocenters. The highest BCUT2D eigenvalue weighted by atomic mass is 16.1. The van der Waals surface area contributed by atoms with Crippen LogP contribution in [0.3, 0.4) is 0 Å². The Morgan fingerprint density at radius 2 is 2.31 bits per heavy atom. The lowest BCUT2D eigenvalue weighted by Gasteiger charge is -2.24. The first-order valence-electron chi connectivity index (χ1n) is 6.49. The zero-order chi connectivity index (χ0) is 11.2. The van der Waals surface area contributed by atoms with E-state index in [0.29, 0.717) is 5.92 Å².